The number of allylic oxidation sites excluding steroid dienone is 1. The van der Waals surface area contributed by atoms with Crippen molar-refractivity contribution in [3.63, 3.8) is 0 Å². The molecule has 0 unspecified atom stereocenters. The van der Waals surface area contributed by atoms with Crippen LogP contribution in [0.4, 0.5) is 23.2 Å². The van der Waals surface area contributed by atoms with E-state index in [0.717, 1.165) is 6.54 Å². The van der Waals surface area contributed by atoms with Crippen LogP contribution in [0, 0.1) is 0 Å². The van der Waals surface area contributed by atoms with E-state index in [1.54, 1.807) is 12.1 Å². The number of hydrogen-bond acceptors (Lipinski definition) is 4. The zero-order chi connectivity index (χ0) is 19.8. The number of piperidine rings is 1. The lowest BCUT2D eigenvalue weighted by Gasteiger charge is -2.33. The van der Waals surface area contributed by atoms with Gasteiger partial charge in [-0.15, -0.1) is 0 Å². The van der Waals surface area contributed by atoms with Crippen molar-refractivity contribution in [1.82, 2.24) is 9.88 Å². The number of anilines is 1. The number of alkyl halides is 4. The minimum absolute atomic E-state index is 0.0947. The lowest BCUT2D eigenvalue weighted by molar-refractivity contribution is -0.0688. The number of likely N-dealkylation sites (tertiary alicyclic amines) is 1. The van der Waals surface area contributed by atoms with Gasteiger partial charge in [-0.25, -0.2) is 9.37 Å². The molecule has 0 amide bonds. The summed E-state index contributed by atoms with van der Waals surface area (Å²) in [5.41, 5.74) is -0.800. The zero-order valence-corrected chi connectivity index (χ0v) is 14.9. The van der Waals surface area contributed by atoms with Gasteiger partial charge in [-0.2, -0.15) is 13.2 Å². The fraction of sp³-hybridized carbons (Fsp3) is 0.421. The maximum Gasteiger partial charge on any atom is 0.417 e. The average molecular weight is 383 g/mol. The van der Waals surface area contributed by atoms with Crippen molar-refractivity contribution < 1.29 is 22.7 Å². The first-order chi connectivity index (χ1) is 12.7. The topological polar surface area (TPSA) is 48.4 Å². The van der Waals surface area contributed by atoms with E-state index in [9.17, 15) is 22.7 Å². The number of aromatic nitrogens is 1. The molecule has 1 fully saturated rings. The number of nitrogens with one attached hydrogen (secondary N) is 1. The molecule has 1 aliphatic heterocycles. The number of hydrogen-bond donors (Lipinski definition) is 2. The van der Waals surface area contributed by atoms with Crippen molar-refractivity contribution in [3.8, 4) is 0 Å². The second-order valence-corrected chi connectivity index (χ2v) is 6.82. The molecule has 3 rings (SSSR count). The van der Waals surface area contributed by atoms with E-state index in [2.05, 4.69) is 16.9 Å². The molecular weight excluding hydrogens is 362 g/mol. The van der Waals surface area contributed by atoms with E-state index in [4.69, 9.17) is 0 Å². The molecule has 2 N–H and O–H groups in total. The van der Waals surface area contributed by atoms with Crippen molar-refractivity contribution in [2.75, 3.05) is 25.5 Å². The molecule has 27 heavy (non-hydrogen) atoms. The summed E-state index contributed by atoms with van der Waals surface area (Å²) in [6, 6.07) is 5.89. The molecule has 2 aromatic rings. The van der Waals surface area contributed by atoms with Gasteiger partial charge < -0.3 is 15.3 Å². The number of rotatable bonds is 4. The number of aliphatic hydroxyl groups is 1. The summed E-state index contributed by atoms with van der Waals surface area (Å²) in [6.07, 6.45) is -5.16. The predicted octanol–water partition coefficient (Wildman–Crippen LogP) is 3.76. The van der Waals surface area contributed by atoms with Gasteiger partial charge in [0.25, 0.3) is 0 Å². The molecule has 146 valence electrons. The highest BCUT2D eigenvalue weighted by molar-refractivity contribution is 6.00. The second-order valence-electron chi connectivity index (χ2n) is 6.82. The highest BCUT2D eigenvalue weighted by atomic mass is 19.4. The molecule has 1 aliphatic rings. The van der Waals surface area contributed by atoms with E-state index < -0.39 is 30.6 Å². The summed E-state index contributed by atoms with van der Waals surface area (Å²) < 4.78 is 53.9. The van der Waals surface area contributed by atoms with Crippen LogP contribution in [0.3, 0.4) is 0 Å². The smallest absolute Gasteiger partial charge is 0.390 e. The summed E-state index contributed by atoms with van der Waals surface area (Å²) in [4.78, 5) is 5.81. The molecule has 0 saturated carbocycles. The lowest BCUT2D eigenvalue weighted by atomic mass is 9.99. The summed E-state index contributed by atoms with van der Waals surface area (Å²) in [5.74, 6) is 0. The van der Waals surface area contributed by atoms with Crippen LogP contribution in [-0.2, 0) is 6.61 Å². The van der Waals surface area contributed by atoms with Crippen LogP contribution in [0.15, 0.2) is 30.8 Å². The Bertz CT molecular complexity index is 853. The molecule has 0 aliphatic carbocycles. The van der Waals surface area contributed by atoms with Crippen molar-refractivity contribution in [1.29, 1.82) is 0 Å². The Hall–Kier alpha value is -2.19. The van der Waals surface area contributed by atoms with Crippen molar-refractivity contribution in [3.05, 3.63) is 42.2 Å². The zero-order valence-electron chi connectivity index (χ0n) is 14.9. The van der Waals surface area contributed by atoms with Crippen LogP contribution in [0.1, 0.15) is 17.8 Å². The fourth-order valence-electron chi connectivity index (χ4n) is 3.32. The number of fused-ring (bicyclic) bond motifs is 1. The van der Waals surface area contributed by atoms with Crippen LogP contribution >= 0.6 is 0 Å². The van der Waals surface area contributed by atoms with Gasteiger partial charge in [-0.05, 0) is 25.6 Å². The van der Waals surface area contributed by atoms with Crippen molar-refractivity contribution in [2.24, 2.45) is 0 Å². The monoisotopic (exact) mass is 383 g/mol. The number of nitrogens with zero attached hydrogens (tertiary/aromatic N) is 2. The Morgan fingerprint density at radius 3 is 2.74 bits per heavy atom. The number of aliphatic hydroxyl groups excluding tert-OH is 1. The SMILES string of the molecule is C=C(c1nc(CO)cc2c(N[C@@H]3CCN(C)C[C@@H]3F)cccc12)C(F)(F)F. The average Bonchev–Trinajstić information content (AvgIpc) is 2.62. The third kappa shape index (κ3) is 4.06. The molecule has 0 radical (unpaired) electrons. The highest BCUT2D eigenvalue weighted by Gasteiger charge is 2.35. The molecule has 2 atom stereocenters. The van der Waals surface area contributed by atoms with Gasteiger partial charge >= 0.3 is 6.18 Å². The molecule has 0 spiro atoms. The third-order valence-corrected chi connectivity index (χ3v) is 4.80. The Morgan fingerprint density at radius 2 is 2.11 bits per heavy atom. The standard InChI is InChI=1S/C19H21F4N3O/c1-11(19(21,22)23)18-13-4-3-5-16(14(13)8-12(10-27)24-18)25-17-6-7-26(2)9-15(17)20/h3-5,8,15,17,25,27H,1,6-7,9-10H2,2H3/t15-,17+/m0/s1. The normalized spacial score (nSPS) is 21.4. The predicted molar refractivity (Wildman–Crippen MR) is 97.2 cm³/mol. The highest BCUT2D eigenvalue weighted by Crippen LogP contribution is 2.37. The number of benzene rings is 1. The van der Waals surface area contributed by atoms with Gasteiger partial charge in [-0.3, -0.25) is 0 Å². The van der Waals surface area contributed by atoms with Gasteiger partial charge in [0.2, 0.25) is 0 Å². The van der Waals surface area contributed by atoms with E-state index >= 15 is 0 Å². The van der Waals surface area contributed by atoms with E-state index in [0.29, 0.717) is 24.0 Å². The quantitative estimate of drug-likeness (QED) is 0.790. The lowest BCUT2D eigenvalue weighted by Crippen LogP contribution is -2.46. The first-order valence-electron chi connectivity index (χ1n) is 8.60. The first-order valence-corrected chi connectivity index (χ1v) is 8.60. The van der Waals surface area contributed by atoms with Gasteiger partial charge in [0.05, 0.1) is 29.6 Å². The van der Waals surface area contributed by atoms with Gasteiger partial charge in [-0.1, -0.05) is 18.7 Å². The van der Waals surface area contributed by atoms with E-state index in [-0.39, 0.29) is 16.8 Å². The van der Waals surface area contributed by atoms with Crippen LogP contribution in [0.25, 0.3) is 16.3 Å². The van der Waals surface area contributed by atoms with Crippen molar-refractivity contribution in [2.45, 2.75) is 31.4 Å². The van der Waals surface area contributed by atoms with Gasteiger partial charge in [0, 0.05) is 29.5 Å². The van der Waals surface area contributed by atoms with Gasteiger partial charge in [0.15, 0.2) is 0 Å². The van der Waals surface area contributed by atoms with Crippen LogP contribution in [-0.4, -0.2) is 53.5 Å². The van der Waals surface area contributed by atoms with Crippen LogP contribution in [0.5, 0.6) is 0 Å². The van der Waals surface area contributed by atoms with Gasteiger partial charge in [0.1, 0.15) is 6.17 Å². The maximum absolute atomic E-state index is 14.4. The number of halogens is 4. The molecule has 1 saturated heterocycles. The minimum Gasteiger partial charge on any atom is -0.390 e. The van der Waals surface area contributed by atoms with E-state index in [1.807, 2.05) is 11.9 Å². The summed E-state index contributed by atoms with van der Waals surface area (Å²) >= 11 is 0. The Balaban J connectivity index is 2.06. The Labute approximate surface area is 154 Å². The van der Waals surface area contributed by atoms with E-state index in [1.165, 1.54) is 12.1 Å². The first kappa shape index (κ1) is 19.6. The largest absolute Gasteiger partial charge is 0.417 e. The summed E-state index contributed by atoms with van der Waals surface area (Å²) in [6.45, 7) is 3.64. The molecule has 0 bridgehead atoms. The molecule has 8 heteroatoms. The summed E-state index contributed by atoms with van der Waals surface area (Å²) in [5, 5.41) is 13.3. The Kier molecular flexibility index (Phi) is 5.39. The fourth-order valence-corrected chi connectivity index (χ4v) is 3.32. The van der Waals surface area contributed by atoms with Crippen LogP contribution in [0.2, 0.25) is 0 Å². The molecule has 1 aromatic carbocycles. The Morgan fingerprint density at radius 1 is 1.37 bits per heavy atom. The minimum atomic E-state index is -4.64. The maximum atomic E-state index is 14.4. The third-order valence-electron chi connectivity index (χ3n) is 4.80. The number of pyridine rings is 1. The summed E-state index contributed by atoms with van der Waals surface area (Å²) in [7, 11) is 1.84. The van der Waals surface area contributed by atoms with Crippen LogP contribution < -0.4 is 5.32 Å². The van der Waals surface area contributed by atoms with Crippen molar-refractivity contribution >= 4 is 22.0 Å². The molecule has 1 aromatic heterocycles. The second kappa shape index (κ2) is 7.44. The molecule has 4 nitrogen and oxygen atoms in total. The molecule has 2 heterocycles. The molecular formula is C19H21F4N3O.